The number of hydrogen-bond acceptors (Lipinski definition) is 7. The topological polar surface area (TPSA) is 82.6 Å². The third kappa shape index (κ3) is 4.35. The molecule has 3 rings (SSSR count). The van der Waals surface area contributed by atoms with Gasteiger partial charge in [-0.25, -0.2) is 0 Å². The summed E-state index contributed by atoms with van der Waals surface area (Å²) in [5.74, 6) is 1.54. The molecule has 2 heterocycles. The minimum Gasteiger partial charge on any atom is -0.484 e. The Kier molecular flexibility index (Phi) is 4.57. The minimum absolute atomic E-state index is 0.117. The van der Waals surface area contributed by atoms with Crippen molar-refractivity contribution in [2.75, 3.05) is 18.7 Å². The van der Waals surface area contributed by atoms with Gasteiger partial charge in [0.2, 0.25) is 11.9 Å². The number of ether oxygens (including phenoxy) is 3. The molecule has 1 aliphatic heterocycles. The first-order valence-corrected chi connectivity index (χ1v) is 8.35. The van der Waals surface area contributed by atoms with Crippen molar-refractivity contribution in [3.8, 4) is 17.2 Å². The highest BCUT2D eigenvalue weighted by molar-refractivity contribution is 7.15. The molecule has 1 N–H and O–H groups in total. The molecular weight excluding hydrogens is 330 g/mol. The largest absolute Gasteiger partial charge is 0.484 e. The van der Waals surface area contributed by atoms with E-state index < -0.39 is 0 Å². The van der Waals surface area contributed by atoms with E-state index in [1.165, 1.54) is 11.3 Å². The Morgan fingerprint density at radius 3 is 2.88 bits per heavy atom. The van der Waals surface area contributed by atoms with Crippen LogP contribution in [0.1, 0.15) is 25.8 Å². The Labute approximate surface area is 144 Å². The number of benzene rings is 1. The third-order valence-electron chi connectivity index (χ3n) is 3.11. The number of rotatable bonds is 5. The van der Waals surface area contributed by atoms with Gasteiger partial charge in [-0.05, 0) is 17.5 Å². The Hall–Kier alpha value is -2.35. The number of carbonyl (C=O) groups is 1. The van der Waals surface area contributed by atoms with Crippen LogP contribution < -0.4 is 19.5 Å². The molecule has 1 aliphatic rings. The number of fused-ring (bicyclic) bond motifs is 1. The Morgan fingerprint density at radius 1 is 1.29 bits per heavy atom. The standard InChI is InChI=1S/C16H19N3O4S/c1-16(2,3)7-14-18-19-15(24-14)17-13(20)8-21-10-4-5-11-12(6-10)23-9-22-11/h4-6H,7-9H2,1-3H3,(H,17,19,20). The number of amides is 1. The lowest BCUT2D eigenvalue weighted by molar-refractivity contribution is -0.118. The van der Waals surface area contributed by atoms with E-state index in [1.54, 1.807) is 18.2 Å². The zero-order valence-corrected chi connectivity index (χ0v) is 14.6. The summed E-state index contributed by atoms with van der Waals surface area (Å²) >= 11 is 1.38. The van der Waals surface area contributed by atoms with Gasteiger partial charge in [0.1, 0.15) is 10.8 Å². The van der Waals surface area contributed by atoms with Gasteiger partial charge in [0, 0.05) is 12.5 Å². The number of nitrogens with one attached hydrogen (secondary N) is 1. The average Bonchev–Trinajstić information content (AvgIpc) is 3.12. The summed E-state index contributed by atoms with van der Waals surface area (Å²) in [4.78, 5) is 12.0. The maximum absolute atomic E-state index is 12.0. The number of carbonyl (C=O) groups excluding carboxylic acids is 1. The van der Waals surface area contributed by atoms with Gasteiger partial charge in [-0.3, -0.25) is 10.1 Å². The van der Waals surface area contributed by atoms with Crippen molar-refractivity contribution in [1.29, 1.82) is 0 Å². The van der Waals surface area contributed by atoms with E-state index in [1.807, 2.05) is 0 Å². The van der Waals surface area contributed by atoms with Crippen LogP contribution in [0.25, 0.3) is 0 Å². The maximum Gasteiger partial charge on any atom is 0.264 e. The van der Waals surface area contributed by atoms with Gasteiger partial charge in [0.15, 0.2) is 18.1 Å². The average molecular weight is 349 g/mol. The number of anilines is 1. The number of aromatic nitrogens is 2. The van der Waals surface area contributed by atoms with Crippen LogP contribution in [0.15, 0.2) is 18.2 Å². The molecule has 2 aromatic rings. The first kappa shape index (κ1) is 16.5. The van der Waals surface area contributed by atoms with E-state index in [2.05, 4.69) is 36.3 Å². The third-order valence-corrected chi connectivity index (χ3v) is 3.95. The molecule has 0 spiro atoms. The van der Waals surface area contributed by atoms with Gasteiger partial charge in [0.25, 0.3) is 5.91 Å². The van der Waals surface area contributed by atoms with Crippen LogP contribution in [0.4, 0.5) is 5.13 Å². The quantitative estimate of drug-likeness (QED) is 0.894. The lowest BCUT2D eigenvalue weighted by Gasteiger charge is -2.14. The molecule has 0 radical (unpaired) electrons. The molecule has 0 aliphatic carbocycles. The van der Waals surface area contributed by atoms with Gasteiger partial charge in [-0.15, -0.1) is 10.2 Å². The molecule has 0 atom stereocenters. The van der Waals surface area contributed by atoms with Crippen molar-refractivity contribution in [3.63, 3.8) is 0 Å². The Balaban J connectivity index is 1.51. The van der Waals surface area contributed by atoms with Gasteiger partial charge in [-0.2, -0.15) is 0 Å². The highest BCUT2D eigenvalue weighted by Gasteiger charge is 2.17. The van der Waals surface area contributed by atoms with Crippen LogP contribution in [0.2, 0.25) is 0 Å². The summed E-state index contributed by atoms with van der Waals surface area (Å²) < 4.78 is 16.0. The van der Waals surface area contributed by atoms with Crippen molar-refractivity contribution < 1.29 is 19.0 Å². The summed E-state index contributed by atoms with van der Waals surface area (Å²) in [5.41, 5.74) is 0.128. The molecule has 1 aromatic carbocycles. The summed E-state index contributed by atoms with van der Waals surface area (Å²) in [6, 6.07) is 5.17. The van der Waals surface area contributed by atoms with Crippen LogP contribution in [0.3, 0.4) is 0 Å². The molecule has 0 saturated carbocycles. The molecule has 0 unspecified atom stereocenters. The van der Waals surface area contributed by atoms with E-state index in [4.69, 9.17) is 14.2 Å². The second kappa shape index (κ2) is 6.64. The van der Waals surface area contributed by atoms with Crippen LogP contribution in [-0.2, 0) is 11.2 Å². The van der Waals surface area contributed by atoms with Gasteiger partial charge < -0.3 is 14.2 Å². The highest BCUT2D eigenvalue weighted by Crippen LogP contribution is 2.35. The molecule has 0 fully saturated rings. The second-order valence-electron chi connectivity index (χ2n) is 6.59. The molecule has 0 saturated heterocycles. The summed E-state index contributed by atoms with van der Waals surface area (Å²) in [6.07, 6.45) is 0.814. The smallest absolute Gasteiger partial charge is 0.264 e. The monoisotopic (exact) mass is 349 g/mol. The molecule has 24 heavy (non-hydrogen) atoms. The zero-order valence-electron chi connectivity index (χ0n) is 13.8. The highest BCUT2D eigenvalue weighted by atomic mass is 32.1. The van der Waals surface area contributed by atoms with Gasteiger partial charge >= 0.3 is 0 Å². The summed E-state index contributed by atoms with van der Waals surface area (Å²) in [5, 5.41) is 12.2. The van der Waals surface area contributed by atoms with E-state index in [-0.39, 0.29) is 24.7 Å². The van der Waals surface area contributed by atoms with Gasteiger partial charge in [-0.1, -0.05) is 32.1 Å². The minimum atomic E-state index is -0.286. The van der Waals surface area contributed by atoms with E-state index in [0.717, 1.165) is 11.4 Å². The Morgan fingerprint density at radius 2 is 2.08 bits per heavy atom. The lowest BCUT2D eigenvalue weighted by atomic mass is 9.93. The van der Waals surface area contributed by atoms with E-state index in [9.17, 15) is 4.79 Å². The lowest BCUT2D eigenvalue weighted by Crippen LogP contribution is -2.20. The zero-order chi connectivity index (χ0) is 17.2. The van der Waals surface area contributed by atoms with Crippen LogP contribution in [0.5, 0.6) is 17.2 Å². The van der Waals surface area contributed by atoms with Crippen LogP contribution in [0, 0.1) is 5.41 Å². The van der Waals surface area contributed by atoms with Crippen molar-refractivity contribution in [2.24, 2.45) is 5.41 Å². The van der Waals surface area contributed by atoms with Gasteiger partial charge in [0.05, 0.1) is 0 Å². The van der Waals surface area contributed by atoms with Crippen molar-refractivity contribution in [1.82, 2.24) is 10.2 Å². The fourth-order valence-electron chi connectivity index (χ4n) is 2.10. The molecular formula is C16H19N3O4S. The fourth-order valence-corrected chi connectivity index (χ4v) is 3.16. The predicted octanol–water partition coefficient (Wildman–Crippen LogP) is 2.87. The van der Waals surface area contributed by atoms with Crippen molar-refractivity contribution in [2.45, 2.75) is 27.2 Å². The molecule has 128 valence electrons. The van der Waals surface area contributed by atoms with E-state index in [0.29, 0.717) is 22.4 Å². The van der Waals surface area contributed by atoms with Crippen LogP contribution in [-0.4, -0.2) is 29.5 Å². The molecule has 8 heteroatoms. The maximum atomic E-state index is 12.0. The first-order chi connectivity index (χ1) is 11.4. The predicted molar refractivity (Wildman–Crippen MR) is 89.8 cm³/mol. The normalized spacial score (nSPS) is 13.0. The van der Waals surface area contributed by atoms with E-state index >= 15 is 0 Å². The second-order valence-corrected chi connectivity index (χ2v) is 7.65. The summed E-state index contributed by atoms with van der Waals surface area (Å²) in [6.45, 7) is 6.48. The number of hydrogen-bond donors (Lipinski definition) is 1. The van der Waals surface area contributed by atoms with Crippen molar-refractivity contribution in [3.05, 3.63) is 23.2 Å². The molecule has 7 nitrogen and oxygen atoms in total. The SMILES string of the molecule is CC(C)(C)Cc1nnc(NC(=O)COc2ccc3c(c2)OCO3)s1. The molecule has 0 bridgehead atoms. The summed E-state index contributed by atoms with van der Waals surface area (Å²) in [7, 11) is 0. The Bertz CT molecular complexity index is 739. The van der Waals surface area contributed by atoms with Crippen LogP contribution >= 0.6 is 11.3 Å². The molecule has 1 amide bonds. The first-order valence-electron chi connectivity index (χ1n) is 7.54. The number of nitrogens with zero attached hydrogens (tertiary/aromatic N) is 2. The van der Waals surface area contributed by atoms with Crippen molar-refractivity contribution >= 4 is 22.4 Å². The molecule has 1 aromatic heterocycles. The fraction of sp³-hybridized carbons (Fsp3) is 0.438.